The molecule has 0 bridgehead atoms. The third-order valence-corrected chi connectivity index (χ3v) is 3.68. The van der Waals surface area contributed by atoms with Crippen molar-refractivity contribution in [2.45, 2.75) is 6.42 Å². The van der Waals surface area contributed by atoms with E-state index in [4.69, 9.17) is 9.84 Å². The normalized spacial score (nSPS) is 10.8. The number of halogens is 2. The van der Waals surface area contributed by atoms with Gasteiger partial charge in [-0.15, -0.1) is 11.3 Å². The second-order valence-electron chi connectivity index (χ2n) is 3.96. The van der Waals surface area contributed by atoms with Crippen LogP contribution < -0.4 is 0 Å². The van der Waals surface area contributed by atoms with Gasteiger partial charge in [-0.2, -0.15) is 0 Å². The summed E-state index contributed by atoms with van der Waals surface area (Å²) in [5, 5.41) is 9.73. The minimum absolute atomic E-state index is 0.00195. The van der Waals surface area contributed by atoms with Gasteiger partial charge < -0.3 is 9.84 Å². The molecule has 0 aliphatic carbocycles. The summed E-state index contributed by atoms with van der Waals surface area (Å²) in [7, 11) is 1.53. The van der Waals surface area contributed by atoms with Crippen molar-refractivity contribution in [3.05, 3.63) is 39.7 Å². The lowest BCUT2D eigenvalue weighted by molar-refractivity contribution is 0.0702. The van der Waals surface area contributed by atoms with Gasteiger partial charge in [-0.3, -0.25) is 0 Å². The lowest BCUT2D eigenvalue weighted by Crippen LogP contribution is -1.96. The molecular weight excluding hydrogens is 288 g/mol. The minimum atomic E-state index is -1.15. The zero-order valence-corrected chi connectivity index (χ0v) is 11.3. The van der Waals surface area contributed by atoms with E-state index in [1.54, 1.807) is 0 Å². The van der Waals surface area contributed by atoms with E-state index < -0.39 is 17.6 Å². The van der Waals surface area contributed by atoms with Gasteiger partial charge in [0.05, 0.1) is 17.3 Å². The van der Waals surface area contributed by atoms with E-state index in [1.165, 1.54) is 13.2 Å². The summed E-state index contributed by atoms with van der Waals surface area (Å²) < 4.78 is 31.1. The van der Waals surface area contributed by atoms with Gasteiger partial charge in [-0.05, 0) is 18.2 Å². The molecule has 0 radical (unpaired) electrons. The first kappa shape index (κ1) is 14.5. The maximum Gasteiger partial charge on any atom is 0.348 e. The Labute approximate surface area is 117 Å². The summed E-state index contributed by atoms with van der Waals surface area (Å²) in [6.45, 7) is 0.407. The van der Waals surface area contributed by atoms with Crippen LogP contribution in [0.25, 0.3) is 11.3 Å². The second-order valence-corrected chi connectivity index (χ2v) is 5.05. The third kappa shape index (κ3) is 3.00. The lowest BCUT2D eigenvalue weighted by atomic mass is 10.1. The number of carboxylic acids is 1. The fraction of sp³-hybridized carbons (Fsp3) is 0.231. The van der Waals surface area contributed by atoms with Gasteiger partial charge in [0.25, 0.3) is 0 Å². The summed E-state index contributed by atoms with van der Waals surface area (Å²) in [6, 6.07) is 3.20. The van der Waals surface area contributed by atoms with E-state index in [9.17, 15) is 13.6 Å². The van der Waals surface area contributed by atoms with Gasteiger partial charge in [0.15, 0.2) is 11.6 Å². The molecule has 1 aromatic carbocycles. The number of carbonyl (C=O) groups is 1. The number of carboxylic acid groups (broad SMARTS) is 1. The minimum Gasteiger partial charge on any atom is -0.477 e. The Morgan fingerprint density at radius 3 is 2.75 bits per heavy atom. The third-order valence-electron chi connectivity index (χ3n) is 2.58. The van der Waals surface area contributed by atoms with Crippen molar-refractivity contribution in [1.82, 2.24) is 4.98 Å². The van der Waals surface area contributed by atoms with Crippen LogP contribution in [0.3, 0.4) is 0 Å². The summed E-state index contributed by atoms with van der Waals surface area (Å²) >= 11 is 1.01. The van der Waals surface area contributed by atoms with Crippen LogP contribution in [0.4, 0.5) is 8.78 Å². The number of hydrogen-bond acceptors (Lipinski definition) is 4. The SMILES string of the molecule is COCCc1nc(-c2ccc(F)c(F)c2)c(C(=O)O)s1. The Morgan fingerprint density at radius 1 is 1.40 bits per heavy atom. The molecule has 0 spiro atoms. The molecule has 1 N–H and O–H groups in total. The predicted molar refractivity (Wildman–Crippen MR) is 70.0 cm³/mol. The highest BCUT2D eigenvalue weighted by molar-refractivity contribution is 7.14. The van der Waals surface area contributed by atoms with Crippen molar-refractivity contribution >= 4 is 17.3 Å². The average Bonchev–Trinajstić information content (AvgIpc) is 2.84. The molecule has 0 unspecified atom stereocenters. The molecule has 2 rings (SSSR count). The van der Waals surface area contributed by atoms with Crippen molar-refractivity contribution in [2.75, 3.05) is 13.7 Å². The van der Waals surface area contributed by atoms with Crippen LogP contribution in [0.1, 0.15) is 14.7 Å². The number of benzene rings is 1. The summed E-state index contributed by atoms with van der Waals surface area (Å²) in [6.07, 6.45) is 0.463. The molecule has 4 nitrogen and oxygen atoms in total. The molecule has 0 amide bonds. The van der Waals surface area contributed by atoms with Gasteiger partial charge in [-0.25, -0.2) is 18.6 Å². The van der Waals surface area contributed by atoms with Crippen LogP contribution in [-0.4, -0.2) is 29.8 Å². The highest BCUT2D eigenvalue weighted by Gasteiger charge is 2.19. The first-order chi connectivity index (χ1) is 9.52. The first-order valence-corrected chi connectivity index (χ1v) is 6.52. The summed E-state index contributed by atoms with van der Waals surface area (Å²) in [5.74, 6) is -3.17. The van der Waals surface area contributed by atoms with Crippen molar-refractivity contribution < 1.29 is 23.4 Å². The monoisotopic (exact) mass is 299 g/mol. The van der Waals surface area contributed by atoms with Crippen molar-refractivity contribution in [2.24, 2.45) is 0 Å². The fourth-order valence-corrected chi connectivity index (χ4v) is 2.55. The Bertz CT molecular complexity index is 643. The molecule has 7 heteroatoms. The van der Waals surface area contributed by atoms with Crippen molar-refractivity contribution in [3.63, 3.8) is 0 Å². The molecule has 1 aromatic heterocycles. The molecule has 2 aromatic rings. The predicted octanol–water partition coefficient (Wildman–Crippen LogP) is 2.98. The summed E-state index contributed by atoms with van der Waals surface area (Å²) in [4.78, 5) is 15.4. The van der Waals surface area contributed by atoms with Gasteiger partial charge >= 0.3 is 5.97 Å². The van der Waals surface area contributed by atoms with Crippen LogP contribution >= 0.6 is 11.3 Å². The topological polar surface area (TPSA) is 59.4 Å². The van der Waals surface area contributed by atoms with E-state index >= 15 is 0 Å². The van der Waals surface area contributed by atoms with E-state index in [-0.39, 0.29) is 16.1 Å². The zero-order chi connectivity index (χ0) is 14.7. The van der Waals surface area contributed by atoms with Gasteiger partial charge in [0.2, 0.25) is 0 Å². The average molecular weight is 299 g/mol. The second kappa shape index (κ2) is 6.06. The largest absolute Gasteiger partial charge is 0.477 e. The molecule has 0 fully saturated rings. The van der Waals surface area contributed by atoms with E-state index in [0.29, 0.717) is 18.0 Å². The molecular formula is C13H11F2NO3S. The van der Waals surface area contributed by atoms with Gasteiger partial charge in [0, 0.05) is 19.1 Å². The Morgan fingerprint density at radius 2 is 2.15 bits per heavy atom. The fourth-order valence-electron chi connectivity index (χ4n) is 1.64. The van der Waals surface area contributed by atoms with E-state index in [1.807, 2.05) is 0 Å². The molecule has 20 heavy (non-hydrogen) atoms. The molecule has 106 valence electrons. The first-order valence-electron chi connectivity index (χ1n) is 5.70. The van der Waals surface area contributed by atoms with E-state index in [0.717, 1.165) is 23.5 Å². The molecule has 0 aliphatic rings. The number of aromatic nitrogens is 1. The molecule has 0 saturated heterocycles. The highest BCUT2D eigenvalue weighted by atomic mass is 32.1. The number of methoxy groups -OCH3 is 1. The molecule has 0 atom stereocenters. The standard InChI is InChI=1S/C13H11F2NO3S/c1-19-5-4-10-16-11(12(20-10)13(17)18)7-2-3-8(14)9(15)6-7/h2-3,6H,4-5H2,1H3,(H,17,18). The van der Waals surface area contributed by atoms with Gasteiger partial charge in [0.1, 0.15) is 4.88 Å². The summed E-state index contributed by atoms with van der Waals surface area (Å²) in [5.41, 5.74) is 0.383. The maximum absolute atomic E-state index is 13.2. The number of rotatable bonds is 5. The number of nitrogens with zero attached hydrogens (tertiary/aromatic N) is 1. The van der Waals surface area contributed by atoms with Crippen LogP contribution in [0, 0.1) is 11.6 Å². The Hall–Kier alpha value is -1.86. The van der Waals surface area contributed by atoms with Crippen LogP contribution in [-0.2, 0) is 11.2 Å². The number of ether oxygens (including phenoxy) is 1. The highest BCUT2D eigenvalue weighted by Crippen LogP contribution is 2.29. The van der Waals surface area contributed by atoms with Crippen LogP contribution in [0.15, 0.2) is 18.2 Å². The number of thiazole rings is 1. The molecule has 0 aliphatic heterocycles. The molecule has 1 heterocycles. The zero-order valence-electron chi connectivity index (χ0n) is 10.5. The van der Waals surface area contributed by atoms with Crippen LogP contribution in [0.5, 0.6) is 0 Å². The van der Waals surface area contributed by atoms with Crippen molar-refractivity contribution in [3.8, 4) is 11.3 Å². The molecule has 0 saturated carbocycles. The van der Waals surface area contributed by atoms with Crippen molar-refractivity contribution in [1.29, 1.82) is 0 Å². The number of aromatic carboxylic acids is 1. The van der Waals surface area contributed by atoms with Gasteiger partial charge in [-0.1, -0.05) is 0 Å². The lowest BCUT2D eigenvalue weighted by Gasteiger charge is -2.00. The Balaban J connectivity index is 2.45. The smallest absolute Gasteiger partial charge is 0.348 e. The maximum atomic E-state index is 13.2. The quantitative estimate of drug-likeness (QED) is 0.922. The number of hydrogen-bond donors (Lipinski definition) is 1. The Kier molecular flexibility index (Phi) is 4.41. The van der Waals surface area contributed by atoms with Crippen LogP contribution in [0.2, 0.25) is 0 Å². The van der Waals surface area contributed by atoms with E-state index in [2.05, 4.69) is 4.98 Å².